The Morgan fingerprint density at radius 3 is 2.65 bits per heavy atom. The van der Waals surface area contributed by atoms with Crippen molar-refractivity contribution in [3.63, 3.8) is 0 Å². The standard InChI is InChI=1S/C10H15BN2O4/c1-10(2,16)4-17-3-5-6(11)8(12)13-9(15)7(5)14/h14,16H,3-4H2,1-2H3,(H3,12,13,15). The Bertz CT molecular complexity index is 465. The second-order valence-corrected chi connectivity index (χ2v) is 4.41. The fraction of sp³-hybridized carbons (Fsp3) is 0.500. The Hall–Kier alpha value is -1.47. The van der Waals surface area contributed by atoms with E-state index in [0.29, 0.717) is 0 Å². The first-order valence-corrected chi connectivity index (χ1v) is 5.01. The van der Waals surface area contributed by atoms with Crippen molar-refractivity contribution in [1.29, 1.82) is 0 Å². The van der Waals surface area contributed by atoms with Crippen LogP contribution in [0.5, 0.6) is 5.75 Å². The predicted molar refractivity (Wildman–Crippen MR) is 64.5 cm³/mol. The highest BCUT2D eigenvalue weighted by Crippen LogP contribution is 2.12. The molecule has 2 radical (unpaired) electrons. The highest BCUT2D eigenvalue weighted by Gasteiger charge is 2.15. The summed E-state index contributed by atoms with van der Waals surface area (Å²) in [7, 11) is 5.60. The Morgan fingerprint density at radius 2 is 2.12 bits per heavy atom. The number of aliphatic hydroxyl groups is 1. The van der Waals surface area contributed by atoms with E-state index in [1.54, 1.807) is 13.8 Å². The quantitative estimate of drug-likeness (QED) is 0.490. The van der Waals surface area contributed by atoms with E-state index in [9.17, 15) is 15.0 Å². The molecule has 0 aromatic carbocycles. The Labute approximate surface area is 99.8 Å². The van der Waals surface area contributed by atoms with Crippen LogP contribution in [-0.4, -0.2) is 35.3 Å². The fourth-order valence-electron chi connectivity index (χ4n) is 1.22. The molecular formula is C10H15BN2O4. The molecule has 0 aliphatic carbocycles. The summed E-state index contributed by atoms with van der Waals surface area (Å²) in [5.41, 5.74) is 3.91. The van der Waals surface area contributed by atoms with Gasteiger partial charge in [0.2, 0.25) is 0 Å². The topological polar surface area (TPSA) is 109 Å². The summed E-state index contributed by atoms with van der Waals surface area (Å²) in [6.07, 6.45) is 0. The Kier molecular flexibility index (Phi) is 3.85. The number of aromatic nitrogens is 1. The summed E-state index contributed by atoms with van der Waals surface area (Å²) in [5.74, 6) is -0.540. The van der Waals surface area contributed by atoms with Gasteiger partial charge in [-0.1, -0.05) is 0 Å². The third kappa shape index (κ3) is 3.50. The number of hydrogen-bond donors (Lipinski definition) is 4. The van der Waals surface area contributed by atoms with Crippen molar-refractivity contribution in [3.8, 4) is 5.75 Å². The molecular weight excluding hydrogens is 223 g/mol. The summed E-state index contributed by atoms with van der Waals surface area (Å²) in [6, 6.07) is 0. The van der Waals surface area contributed by atoms with Gasteiger partial charge >= 0.3 is 0 Å². The molecule has 1 rings (SSSR count). The maximum atomic E-state index is 11.2. The molecule has 0 amide bonds. The van der Waals surface area contributed by atoms with Crippen molar-refractivity contribution < 1.29 is 14.9 Å². The maximum Gasteiger partial charge on any atom is 0.291 e. The van der Waals surface area contributed by atoms with Gasteiger partial charge in [0.05, 0.1) is 24.6 Å². The van der Waals surface area contributed by atoms with E-state index < -0.39 is 16.9 Å². The van der Waals surface area contributed by atoms with Gasteiger partial charge in [0.15, 0.2) is 5.75 Å². The minimum Gasteiger partial charge on any atom is -0.503 e. The van der Waals surface area contributed by atoms with Crippen LogP contribution in [0.15, 0.2) is 4.79 Å². The number of nitrogens with two attached hydrogens (primary N) is 1. The number of nitrogens with one attached hydrogen (secondary N) is 1. The zero-order chi connectivity index (χ0) is 13.2. The lowest BCUT2D eigenvalue weighted by Gasteiger charge is -2.18. The molecule has 0 aliphatic rings. The molecule has 0 fully saturated rings. The molecule has 1 aromatic rings. The van der Waals surface area contributed by atoms with Crippen LogP contribution in [0.4, 0.5) is 5.82 Å². The monoisotopic (exact) mass is 238 g/mol. The van der Waals surface area contributed by atoms with Gasteiger partial charge in [0.25, 0.3) is 5.56 Å². The van der Waals surface area contributed by atoms with Crippen LogP contribution in [0.1, 0.15) is 19.4 Å². The number of anilines is 1. The van der Waals surface area contributed by atoms with Gasteiger partial charge in [-0.2, -0.15) is 0 Å². The van der Waals surface area contributed by atoms with Crippen molar-refractivity contribution in [3.05, 3.63) is 15.9 Å². The normalized spacial score (nSPS) is 11.7. The van der Waals surface area contributed by atoms with Crippen LogP contribution in [0.2, 0.25) is 0 Å². The van der Waals surface area contributed by atoms with Crippen molar-refractivity contribution in [2.24, 2.45) is 0 Å². The zero-order valence-corrected chi connectivity index (χ0v) is 9.78. The van der Waals surface area contributed by atoms with Gasteiger partial charge in [-0.25, -0.2) is 0 Å². The van der Waals surface area contributed by atoms with Crippen LogP contribution in [0, 0.1) is 0 Å². The average Bonchev–Trinajstić information content (AvgIpc) is 2.19. The van der Waals surface area contributed by atoms with Gasteiger partial charge in [-0.3, -0.25) is 4.79 Å². The molecule has 0 unspecified atom stereocenters. The number of aromatic hydroxyl groups is 1. The Morgan fingerprint density at radius 1 is 1.53 bits per heavy atom. The molecule has 6 nitrogen and oxygen atoms in total. The molecule has 0 atom stereocenters. The number of hydrogen-bond acceptors (Lipinski definition) is 5. The predicted octanol–water partition coefficient (Wildman–Crippen LogP) is -1.26. The van der Waals surface area contributed by atoms with Gasteiger partial charge in [-0.05, 0) is 19.3 Å². The van der Waals surface area contributed by atoms with E-state index in [2.05, 4.69) is 4.98 Å². The minimum absolute atomic E-state index is 0.0188. The summed E-state index contributed by atoms with van der Waals surface area (Å²) in [5, 5.41) is 18.9. The first-order valence-electron chi connectivity index (χ1n) is 5.01. The molecule has 0 aliphatic heterocycles. The molecule has 7 heteroatoms. The molecule has 0 saturated heterocycles. The van der Waals surface area contributed by atoms with Crippen LogP contribution in [0.3, 0.4) is 0 Å². The largest absolute Gasteiger partial charge is 0.503 e. The number of rotatable bonds is 4. The van der Waals surface area contributed by atoms with E-state index in [1.807, 2.05) is 0 Å². The lowest BCUT2D eigenvalue weighted by molar-refractivity contribution is -0.0271. The van der Waals surface area contributed by atoms with Gasteiger partial charge < -0.3 is 25.7 Å². The van der Waals surface area contributed by atoms with Crippen LogP contribution in [-0.2, 0) is 11.3 Å². The highest BCUT2D eigenvalue weighted by atomic mass is 16.5. The smallest absolute Gasteiger partial charge is 0.291 e. The number of pyridine rings is 1. The molecule has 5 N–H and O–H groups in total. The number of H-pyrrole nitrogens is 1. The number of aromatic amines is 1. The van der Waals surface area contributed by atoms with Gasteiger partial charge in [0.1, 0.15) is 7.85 Å². The van der Waals surface area contributed by atoms with Crippen molar-refractivity contribution in [2.45, 2.75) is 26.1 Å². The molecule has 92 valence electrons. The summed E-state index contributed by atoms with van der Waals surface area (Å²) in [4.78, 5) is 13.4. The lowest BCUT2D eigenvalue weighted by atomic mass is 9.91. The molecule has 1 heterocycles. The molecule has 0 saturated carbocycles. The Balaban J connectivity index is 2.88. The third-order valence-electron chi connectivity index (χ3n) is 2.07. The zero-order valence-electron chi connectivity index (χ0n) is 9.78. The van der Waals surface area contributed by atoms with Gasteiger partial charge in [-0.15, -0.1) is 0 Å². The maximum absolute atomic E-state index is 11.2. The first-order chi connectivity index (χ1) is 7.72. The number of ether oxygens (including phenoxy) is 1. The van der Waals surface area contributed by atoms with Crippen LogP contribution < -0.4 is 16.8 Å². The van der Waals surface area contributed by atoms with Crippen molar-refractivity contribution in [1.82, 2.24) is 4.98 Å². The summed E-state index contributed by atoms with van der Waals surface area (Å²) < 4.78 is 5.16. The lowest BCUT2D eigenvalue weighted by Crippen LogP contribution is -2.28. The van der Waals surface area contributed by atoms with Crippen LogP contribution >= 0.6 is 0 Å². The average molecular weight is 238 g/mol. The molecule has 1 aromatic heterocycles. The van der Waals surface area contributed by atoms with E-state index in [4.69, 9.17) is 18.3 Å². The second kappa shape index (κ2) is 4.81. The summed E-state index contributed by atoms with van der Waals surface area (Å²) in [6.45, 7) is 3.08. The van der Waals surface area contributed by atoms with E-state index >= 15 is 0 Å². The second-order valence-electron chi connectivity index (χ2n) is 4.41. The SMILES string of the molecule is [B]c1c(N)[nH]c(=O)c(O)c1COCC(C)(C)O. The molecule has 0 bridgehead atoms. The minimum atomic E-state index is -1.00. The fourth-order valence-corrected chi connectivity index (χ4v) is 1.22. The van der Waals surface area contributed by atoms with E-state index in [-0.39, 0.29) is 30.1 Å². The van der Waals surface area contributed by atoms with Crippen molar-refractivity contribution >= 4 is 19.1 Å². The summed E-state index contributed by atoms with van der Waals surface area (Å²) >= 11 is 0. The molecule has 0 spiro atoms. The number of nitrogen functional groups attached to an aromatic ring is 1. The van der Waals surface area contributed by atoms with Crippen LogP contribution in [0.25, 0.3) is 0 Å². The molecule has 17 heavy (non-hydrogen) atoms. The van der Waals surface area contributed by atoms with Gasteiger partial charge in [0, 0.05) is 5.56 Å². The third-order valence-corrected chi connectivity index (χ3v) is 2.07. The van der Waals surface area contributed by atoms with E-state index in [1.165, 1.54) is 0 Å². The van der Waals surface area contributed by atoms with Crippen molar-refractivity contribution in [2.75, 3.05) is 12.3 Å². The highest BCUT2D eigenvalue weighted by molar-refractivity contribution is 6.36. The van der Waals surface area contributed by atoms with E-state index in [0.717, 1.165) is 0 Å². The first kappa shape index (κ1) is 13.6.